The van der Waals surface area contributed by atoms with Crippen molar-refractivity contribution in [2.75, 3.05) is 45.6 Å². The van der Waals surface area contributed by atoms with Crippen molar-refractivity contribution in [3.05, 3.63) is 63.8 Å². The largest absolute Gasteiger partial charge is 0.475 e. The van der Waals surface area contributed by atoms with Crippen LogP contribution in [0.25, 0.3) is 11.3 Å². The van der Waals surface area contributed by atoms with Crippen molar-refractivity contribution in [2.24, 2.45) is 0 Å². The molecule has 34 heavy (non-hydrogen) atoms. The van der Waals surface area contributed by atoms with Crippen molar-refractivity contribution in [3.63, 3.8) is 0 Å². The van der Waals surface area contributed by atoms with E-state index in [-0.39, 0.29) is 35.7 Å². The smallest absolute Gasteiger partial charge is 0.257 e. The quantitative estimate of drug-likeness (QED) is 0.512. The summed E-state index contributed by atoms with van der Waals surface area (Å²) in [6.07, 6.45) is 4.87. The number of amides is 1. The number of aromatic nitrogens is 3. The molecule has 1 amide bonds. The minimum atomic E-state index is -0.555. The number of pyridine rings is 1. The van der Waals surface area contributed by atoms with Gasteiger partial charge in [-0.1, -0.05) is 23.2 Å². The van der Waals surface area contributed by atoms with Crippen LogP contribution in [0.2, 0.25) is 10.0 Å². The number of benzene rings is 1. The van der Waals surface area contributed by atoms with Crippen LogP contribution < -0.4 is 10.5 Å². The second-order valence-corrected chi connectivity index (χ2v) is 8.71. The van der Waals surface area contributed by atoms with Crippen molar-refractivity contribution in [2.45, 2.75) is 6.42 Å². The molecule has 3 heterocycles. The van der Waals surface area contributed by atoms with E-state index in [2.05, 4.69) is 19.9 Å². The predicted octanol–water partition coefficient (Wildman–Crippen LogP) is 3.58. The fourth-order valence-electron chi connectivity index (χ4n) is 3.56. The van der Waals surface area contributed by atoms with E-state index in [4.69, 9.17) is 33.7 Å². The fourth-order valence-corrected chi connectivity index (χ4v) is 4.12. The number of anilines is 1. The Kier molecular flexibility index (Phi) is 7.45. The third-order valence-electron chi connectivity index (χ3n) is 5.57. The lowest BCUT2D eigenvalue weighted by Crippen LogP contribution is -2.47. The van der Waals surface area contributed by atoms with Crippen LogP contribution in [0.3, 0.4) is 0 Å². The zero-order valence-corrected chi connectivity index (χ0v) is 20.0. The molecule has 0 unspecified atom stereocenters. The molecule has 1 saturated heterocycles. The van der Waals surface area contributed by atoms with Gasteiger partial charge in [-0.3, -0.25) is 9.78 Å². The van der Waals surface area contributed by atoms with Crippen molar-refractivity contribution in [3.8, 4) is 17.1 Å². The zero-order valence-electron chi connectivity index (χ0n) is 18.5. The predicted molar refractivity (Wildman–Crippen MR) is 129 cm³/mol. The van der Waals surface area contributed by atoms with E-state index in [0.29, 0.717) is 40.5 Å². The van der Waals surface area contributed by atoms with Crippen LogP contribution >= 0.6 is 23.2 Å². The summed E-state index contributed by atoms with van der Waals surface area (Å²) in [6, 6.07) is 4.37. The Morgan fingerprint density at radius 2 is 1.94 bits per heavy atom. The lowest BCUT2D eigenvalue weighted by molar-refractivity contribution is 0.0663. The molecule has 1 aromatic carbocycles. The van der Waals surface area contributed by atoms with Gasteiger partial charge in [0.1, 0.15) is 5.82 Å². The Labute approximate surface area is 206 Å². The number of carbonyl (C=O) groups is 1. The van der Waals surface area contributed by atoms with Gasteiger partial charge in [-0.2, -0.15) is 0 Å². The molecule has 0 radical (unpaired) electrons. The highest BCUT2D eigenvalue weighted by molar-refractivity contribution is 6.36. The molecule has 1 fully saturated rings. The maximum Gasteiger partial charge on any atom is 0.257 e. The molecule has 1 aliphatic rings. The van der Waals surface area contributed by atoms with Crippen LogP contribution in [0.4, 0.5) is 10.2 Å². The highest BCUT2D eigenvalue weighted by atomic mass is 35.5. The van der Waals surface area contributed by atoms with Gasteiger partial charge < -0.3 is 20.3 Å². The Morgan fingerprint density at radius 1 is 1.18 bits per heavy atom. The van der Waals surface area contributed by atoms with Crippen LogP contribution in [0.1, 0.15) is 15.9 Å². The minimum Gasteiger partial charge on any atom is -0.475 e. The first-order chi connectivity index (χ1) is 16.3. The number of ether oxygens (including phenoxy) is 1. The molecule has 0 spiro atoms. The van der Waals surface area contributed by atoms with Crippen LogP contribution in [-0.4, -0.2) is 70.5 Å². The van der Waals surface area contributed by atoms with Gasteiger partial charge in [0.25, 0.3) is 11.8 Å². The molecule has 11 heteroatoms. The van der Waals surface area contributed by atoms with E-state index in [1.165, 1.54) is 18.3 Å². The van der Waals surface area contributed by atoms with Gasteiger partial charge in [0.15, 0.2) is 5.82 Å². The molecular weight excluding hydrogens is 482 g/mol. The van der Waals surface area contributed by atoms with E-state index >= 15 is 0 Å². The summed E-state index contributed by atoms with van der Waals surface area (Å²) in [5.74, 6) is -0.429. The molecule has 178 valence electrons. The zero-order chi connectivity index (χ0) is 24.2. The number of halogens is 3. The van der Waals surface area contributed by atoms with E-state index in [0.717, 1.165) is 13.1 Å². The minimum absolute atomic E-state index is 0.0446. The Morgan fingerprint density at radius 3 is 2.71 bits per heavy atom. The number of hydrogen-bond acceptors (Lipinski definition) is 7. The molecule has 2 aromatic heterocycles. The van der Waals surface area contributed by atoms with Crippen molar-refractivity contribution >= 4 is 34.9 Å². The van der Waals surface area contributed by atoms with Gasteiger partial charge in [-0.25, -0.2) is 14.4 Å². The highest BCUT2D eigenvalue weighted by Gasteiger charge is 2.21. The monoisotopic (exact) mass is 504 g/mol. The maximum absolute atomic E-state index is 13.7. The number of rotatable bonds is 6. The standard InChI is InChI=1S/C23H23Cl2FN6O2/c1-31-5-7-32(8-6-31)23(33)15-10-14(11-28-12-15)19-13-29-21(27)22(30-19)34-9-4-16-17(24)2-3-18(26)20(16)25/h2-3,10-13H,4-9H2,1H3,(H2,27,29). The number of piperazine rings is 1. The maximum atomic E-state index is 13.7. The molecule has 0 atom stereocenters. The van der Waals surface area contributed by atoms with Gasteiger partial charge in [0.05, 0.1) is 29.1 Å². The normalized spacial score (nSPS) is 14.3. The first kappa shape index (κ1) is 24.1. The average molecular weight is 505 g/mol. The number of carbonyl (C=O) groups excluding carboxylic acids is 1. The topological polar surface area (TPSA) is 97.5 Å². The van der Waals surface area contributed by atoms with Gasteiger partial charge in [0.2, 0.25) is 0 Å². The van der Waals surface area contributed by atoms with E-state index in [1.807, 2.05) is 11.9 Å². The van der Waals surface area contributed by atoms with Gasteiger partial charge in [-0.05, 0) is 30.8 Å². The summed E-state index contributed by atoms with van der Waals surface area (Å²) in [5, 5.41) is 0.299. The second kappa shape index (κ2) is 10.5. The number of nitrogen functional groups attached to an aromatic ring is 1. The third-order valence-corrected chi connectivity index (χ3v) is 6.33. The summed E-state index contributed by atoms with van der Waals surface area (Å²) in [6.45, 7) is 3.09. The number of nitrogens with zero attached hydrogens (tertiary/aromatic N) is 5. The van der Waals surface area contributed by atoms with Crippen molar-refractivity contribution in [1.82, 2.24) is 24.8 Å². The SMILES string of the molecule is CN1CCN(C(=O)c2cncc(-c3cnc(N)c(OCCc4c(Cl)ccc(F)c4Cl)n3)c2)CC1. The summed E-state index contributed by atoms with van der Waals surface area (Å²) in [5.41, 5.74) is 7.89. The molecule has 0 saturated carbocycles. The van der Waals surface area contributed by atoms with Crippen LogP contribution in [0.5, 0.6) is 5.88 Å². The van der Waals surface area contributed by atoms with E-state index in [9.17, 15) is 9.18 Å². The average Bonchev–Trinajstić information content (AvgIpc) is 2.85. The Balaban J connectivity index is 1.48. The number of nitrogens with two attached hydrogens (primary N) is 1. The first-order valence-corrected chi connectivity index (χ1v) is 11.4. The lowest BCUT2D eigenvalue weighted by Gasteiger charge is -2.32. The molecular formula is C23H23Cl2FN6O2. The van der Waals surface area contributed by atoms with Crippen molar-refractivity contribution < 1.29 is 13.9 Å². The highest BCUT2D eigenvalue weighted by Crippen LogP contribution is 2.28. The molecule has 0 aliphatic carbocycles. The number of likely N-dealkylation sites (N-methyl/N-ethyl adjacent to an activating group) is 1. The molecule has 8 nitrogen and oxygen atoms in total. The van der Waals surface area contributed by atoms with Gasteiger partial charge >= 0.3 is 0 Å². The molecule has 2 N–H and O–H groups in total. The van der Waals surface area contributed by atoms with Crippen LogP contribution in [-0.2, 0) is 6.42 Å². The first-order valence-electron chi connectivity index (χ1n) is 10.6. The lowest BCUT2D eigenvalue weighted by atomic mass is 10.1. The molecule has 0 bridgehead atoms. The second-order valence-electron chi connectivity index (χ2n) is 7.92. The van der Waals surface area contributed by atoms with Gasteiger partial charge in [-0.15, -0.1) is 0 Å². The summed E-state index contributed by atoms with van der Waals surface area (Å²) >= 11 is 12.1. The van der Waals surface area contributed by atoms with Gasteiger partial charge in [0, 0.05) is 55.6 Å². The Hall–Kier alpha value is -3.01. The molecule has 1 aliphatic heterocycles. The van der Waals surface area contributed by atoms with E-state index < -0.39 is 5.82 Å². The van der Waals surface area contributed by atoms with Crippen LogP contribution in [0, 0.1) is 5.82 Å². The summed E-state index contributed by atoms with van der Waals surface area (Å²) in [7, 11) is 2.03. The van der Waals surface area contributed by atoms with E-state index in [1.54, 1.807) is 18.5 Å². The summed E-state index contributed by atoms with van der Waals surface area (Å²) in [4.78, 5) is 29.7. The third kappa shape index (κ3) is 5.38. The fraction of sp³-hybridized carbons (Fsp3) is 0.304. The molecule has 4 rings (SSSR count). The Bertz CT molecular complexity index is 1200. The number of hydrogen-bond donors (Lipinski definition) is 1. The molecule has 3 aromatic rings. The van der Waals surface area contributed by atoms with Crippen molar-refractivity contribution in [1.29, 1.82) is 0 Å². The van der Waals surface area contributed by atoms with Crippen LogP contribution in [0.15, 0.2) is 36.8 Å². The summed E-state index contributed by atoms with van der Waals surface area (Å²) < 4.78 is 19.4.